The van der Waals surface area contributed by atoms with E-state index in [1.807, 2.05) is 13.2 Å². The second kappa shape index (κ2) is 3.65. The van der Waals surface area contributed by atoms with Gasteiger partial charge in [-0.05, 0) is 12.3 Å². The first-order chi connectivity index (χ1) is 8.84. The van der Waals surface area contributed by atoms with Crippen LogP contribution in [0.25, 0.3) is 11.0 Å². The lowest BCUT2D eigenvalue weighted by molar-refractivity contribution is 0.578. The van der Waals surface area contributed by atoms with Gasteiger partial charge >= 0.3 is 0 Å². The van der Waals surface area contributed by atoms with Gasteiger partial charge in [-0.25, -0.2) is 9.97 Å². The summed E-state index contributed by atoms with van der Waals surface area (Å²) in [7, 11) is 1.92. The summed E-state index contributed by atoms with van der Waals surface area (Å²) in [6.07, 6.45) is 4.78. The monoisotopic (exact) mass is 244 g/mol. The largest absolute Gasteiger partial charge is 0.351 e. The first-order valence-electron chi connectivity index (χ1n) is 6.44. The second-order valence-corrected chi connectivity index (χ2v) is 5.17. The zero-order chi connectivity index (χ0) is 12.1. The van der Waals surface area contributed by atoms with E-state index in [0.29, 0.717) is 6.04 Å². The molecule has 4 heterocycles. The van der Waals surface area contributed by atoms with Crippen LogP contribution in [0.1, 0.15) is 6.42 Å². The van der Waals surface area contributed by atoms with E-state index in [4.69, 9.17) is 0 Å². The molecule has 1 N–H and O–H groups in total. The Morgan fingerprint density at radius 3 is 3.22 bits per heavy atom. The summed E-state index contributed by atoms with van der Waals surface area (Å²) < 4.78 is 1.81. The van der Waals surface area contributed by atoms with Crippen LogP contribution in [0.15, 0.2) is 12.5 Å². The van der Waals surface area contributed by atoms with E-state index in [2.05, 4.69) is 25.3 Å². The zero-order valence-corrected chi connectivity index (χ0v) is 10.4. The van der Waals surface area contributed by atoms with Crippen molar-refractivity contribution in [3.05, 3.63) is 12.5 Å². The summed E-state index contributed by atoms with van der Waals surface area (Å²) >= 11 is 0. The third-order valence-electron chi connectivity index (χ3n) is 4.23. The molecule has 2 atom stereocenters. The van der Waals surface area contributed by atoms with E-state index in [9.17, 15) is 0 Å². The Morgan fingerprint density at radius 1 is 1.33 bits per heavy atom. The molecule has 0 unspecified atom stereocenters. The second-order valence-electron chi connectivity index (χ2n) is 5.17. The van der Waals surface area contributed by atoms with Crippen molar-refractivity contribution in [2.24, 2.45) is 13.0 Å². The normalized spacial score (nSPS) is 27.1. The molecule has 2 fully saturated rings. The van der Waals surface area contributed by atoms with E-state index in [-0.39, 0.29) is 0 Å². The molecule has 2 saturated heterocycles. The molecule has 0 saturated carbocycles. The molecule has 18 heavy (non-hydrogen) atoms. The fraction of sp³-hybridized carbons (Fsp3) is 0.583. The van der Waals surface area contributed by atoms with Gasteiger partial charge in [0.2, 0.25) is 0 Å². The number of rotatable bonds is 1. The average molecular weight is 244 g/mol. The molecule has 2 aliphatic heterocycles. The number of hydrogen-bond acceptors (Lipinski definition) is 5. The lowest BCUT2D eigenvalue weighted by atomic mass is 10.1. The minimum atomic E-state index is 0.586. The predicted octanol–water partition coefficient (Wildman–Crippen LogP) is 0.161. The van der Waals surface area contributed by atoms with E-state index in [1.165, 1.54) is 6.42 Å². The van der Waals surface area contributed by atoms with Crippen LogP contribution in [0, 0.1) is 5.92 Å². The van der Waals surface area contributed by atoms with Gasteiger partial charge in [-0.1, -0.05) is 0 Å². The van der Waals surface area contributed by atoms with Crippen molar-refractivity contribution in [3.8, 4) is 0 Å². The van der Waals surface area contributed by atoms with E-state index in [0.717, 1.165) is 42.4 Å². The third kappa shape index (κ3) is 1.29. The molecule has 4 rings (SSSR count). The minimum Gasteiger partial charge on any atom is -0.351 e. The van der Waals surface area contributed by atoms with Gasteiger partial charge in [0.15, 0.2) is 5.65 Å². The van der Waals surface area contributed by atoms with Crippen LogP contribution in [-0.4, -0.2) is 45.4 Å². The topological polar surface area (TPSA) is 58.9 Å². The van der Waals surface area contributed by atoms with Crippen molar-refractivity contribution < 1.29 is 0 Å². The van der Waals surface area contributed by atoms with Crippen molar-refractivity contribution in [1.29, 1.82) is 0 Å². The maximum Gasteiger partial charge on any atom is 0.163 e. The molecular formula is C12H16N6. The Bertz CT molecular complexity index is 591. The fourth-order valence-electron chi connectivity index (χ4n) is 3.29. The van der Waals surface area contributed by atoms with Gasteiger partial charge in [0, 0.05) is 32.7 Å². The van der Waals surface area contributed by atoms with Crippen LogP contribution in [0.5, 0.6) is 0 Å². The van der Waals surface area contributed by atoms with Crippen LogP contribution >= 0.6 is 0 Å². The highest BCUT2D eigenvalue weighted by Gasteiger charge is 2.38. The molecule has 6 heteroatoms. The van der Waals surface area contributed by atoms with Gasteiger partial charge < -0.3 is 10.2 Å². The van der Waals surface area contributed by atoms with Crippen molar-refractivity contribution in [1.82, 2.24) is 25.1 Å². The van der Waals surface area contributed by atoms with Crippen molar-refractivity contribution >= 4 is 16.9 Å². The zero-order valence-electron chi connectivity index (χ0n) is 10.4. The van der Waals surface area contributed by atoms with Gasteiger partial charge in [-0.2, -0.15) is 5.10 Å². The van der Waals surface area contributed by atoms with Crippen LogP contribution in [0.4, 0.5) is 5.82 Å². The van der Waals surface area contributed by atoms with Crippen LogP contribution in [0.3, 0.4) is 0 Å². The Hall–Kier alpha value is -1.69. The molecule has 94 valence electrons. The summed E-state index contributed by atoms with van der Waals surface area (Å²) in [4.78, 5) is 11.2. The number of fused-ring (bicyclic) bond motifs is 2. The Kier molecular flexibility index (Phi) is 2.08. The van der Waals surface area contributed by atoms with Crippen molar-refractivity contribution in [2.45, 2.75) is 12.5 Å². The van der Waals surface area contributed by atoms with E-state index < -0.39 is 0 Å². The third-order valence-corrected chi connectivity index (χ3v) is 4.23. The van der Waals surface area contributed by atoms with Gasteiger partial charge in [0.05, 0.1) is 11.6 Å². The van der Waals surface area contributed by atoms with Gasteiger partial charge in [-0.15, -0.1) is 0 Å². The van der Waals surface area contributed by atoms with Crippen LogP contribution < -0.4 is 10.2 Å². The number of aryl methyl sites for hydroxylation is 1. The lowest BCUT2D eigenvalue weighted by Gasteiger charge is -2.24. The summed E-state index contributed by atoms with van der Waals surface area (Å²) in [6.45, 7) is 3.30. The molecule has 0 aromatic carbocycles. The molecular weight excluding hydrogens is 228 g/mol. The molecule has 0 bridgehead atoms. The molecule has 2 aromatic rings. The summed E-state index contributed by atoms with van der Waals surface area (Å²) in [6, 6.07) is 0.586. The fourth-order valence-corrected chi connectivity index (χ4v) is 3.29. The molecule has 0 amide bonds. The van der Waals surface area contributed by atoms with E-state index in [1.54, 1.807) is 11.0 Å². The molecule has 2 aliphatic rings. The molecule has 2 aromatic heterocycles. The quantitative estimate of drug-likeness (QED) is 0.774. The summed E-state index contributed by atoms with van der Waals surface area (Å²) in [5.41, 5.74) is 0.911. The first-order valence-corrected chi connectivity index (χ1v) is 6.44. The lowest BCUT2D eigenvalue weighted by Crippen LogP contribution is -2.34. The van der Waals surface area contributed by atoms with Gasteiger partial charge in [0.1, 0.15) is 12.1 Å². The number of anilines is 1. The SMILES string of the molecule is Cn1ncc2c(N3CC[C@@H]4CNC[C@@H]43)ncnc21. The standard InChI is InChI=1S/C12H16N6/c1-17-11-9(5-16-17)12(15-7-14-11)18-3-2-8-4-13-6-10(8)18/h5,7-8,10,13H,2-4,6H2,1H3/t8-,10+/m1/s1. The maximum atomic E-state index is 4.50. The van der Waals surface area contributed by atoms with Gasteiger partial charge in [-0.3, -0.25) is 4.68 Å². The Morgan fingerprint density at radius 2 is 2.28 bits per heavy atom. The molecule has 0 aliphatic carbocycles. The Labute approximate surface area is 105 Å². The number of nitrogens with one attached hydrogen (secondary N) is 1. The molecule has 0 spiro atoms. The first kappa shape index (κ1) is 10.3. The smallest absolute Gasteiger partial charge is 0.163 e. The number of nitrogens with zero attached hydrogens (tertiary/aromatic N) is 5. The highest BCUT2D eigenvalue weighted by molar-refractivity contribution is 5.86. The minimum absolute atomic E-state index is 0.586. The number of hydrogen-bond donors (Lipinski definition) is 1. The van der Waals surface area contributed by atoms with Crippen molar-refractivity contribution in [3.63, 3.8) is 0 Å². The highest BCUT2D eigenvalue weighted by atomic mass is 15.3. The van der Waals surface area contributed by atoms with E-state index >= 15 is 0 Å². The highest BCUT2D eigenvalue weighted by Crippen LogP contribution is 2.33. The van der Waals surface area contributed by atoms with Crippen LogP contribution in [0.2, 0.25) is 0 Å². The molecule has 0 radical (unpaired) electrons. The molecule has 6 nitrogen and oxygen atoms in total. The predicted molar refractivity (Wildman–Crippen MR) is 68.4 cm³/mol. The van der Waals surface area contributed by atoms with Crippen molar-refractivity contribution in [2.75, 3.05) is 24.5 Å². The average Bonchev–Trinajstić information content (AvgIpc) is 3.04. The van der Waals surface area contributed by atoms with Gasteiger partial charge in [0.25, 0.3) is 0 Å². The number of aromatic nitrogens is 4. The summed E-state index contributed by atoms with van der Waals surface area (Å²) in [5, 5.41) is 8.82. The Balaban J connectivity index is 1.82. The maximum absolute atomic E-state index is 4.50. The summed E-state index contributed by atoms with van der Waals surface area (Å²) in [5.74, 6) is 1.82. The van der Waals surface area contributed by atoms with Crippen LogP contribution in [-0.2, 0) is 7.05 Å².